The van der Waals surface area contributed by atoms with E-state index in [9.17, 15) is 8.78 Å². The maximum absolute atomic E-state index is 13.1. The lowest BCUT2D eigenvalue weighted by molar-refractivity contribution is 0.0436. The largest absolute Gasteiger partial charge is 0.372 e. The summed E-state index contributed by atoms with van der Waals surface area (Å²) in [6.45, 7) is 1.39. The Balaban J connectivity index is 2.09. The van der Waals surface area contributed by atoms with E-state index in [1.807, 2.05) is 19.0 Å². The summed E-state index contributed by atoms with van der Waals surface area (Å²) in [5, 5.41) is 0. The Kier molecular flexibility index (Phi) is 6.04. The third kappa shape index (κ3) is 5.20. The SMILES string of the molecule is CN(C)CCOC(Cc1ccc(F)cc1)c1ccc(F)cc1. The van der Waals surface area contributed by atoms with Gasteiger partial charge in [-0.1, -0.05) is 24.3 Å². The maximum Gasteiger partial charge on any atom is 0.123 e. The van der Waals surface area contributed by atoms with E-state index < -0.39 is 0 Å². The molecule has 0 amide bonds. The summed E-state index contributed by atoms with van der Waals surface area (Å²) in [5.74, 6) is -0.520. The van der Waals surface area contributed by atoms with Crippen molar-refractivity contribution in [2.24, 2.45) is 0 Å². The number of ether oxygens (including phenoxy) is 1. The normalized spacial score (nSPS) is 12.6. The molecule has 0 heterocycles. The molecule has 0 aliphatic rings. The molecule has 0 spiro atoms. The number of hydrogen-bond acceptors (Lipinski definition) is 2. The Morgan fingerprint density at radius 1 is 0.909 bits per heavy atom. The first-order valence-corrected chi connectivity index (χ1v) is 7.31. The van der Waals surface area contributed by atoms with Crippen LogP contribution in [0.5, 0.6) is 0 Å². The molecule has 0 N–H and O–H groups in total. The van der Waals surface area contributed by atoms with Crippen molar-refractivity contribution >= 4 is 0 Å². The van der Waals surface area contributed by atoms with Crippen LogP contribution in [0.1, 0.15) is 17.2 Å². The van der Waals surface area contributed by atoms with Crippen molar-refractivity contribution in [2.75, 3.05) is 27.2 Å². The van der Waals surface area contributed by atoms with Gasteiger partial charge in [0.15, 0.2) is 0 Å². The van der Waals surface area contributed by atoms with Gasteiger partial charge in [0.2, 0.25) is 0 Å². The van der Waals surface area contributed by atoms with Gasteiger partial charge < -0.3 is 9.64 Å². The fourth-order valence-corrected chi connectivity index (χ4v) is 2.16. The minimum absolute atomic E-state index is 0.175. The lowest BCUT2D eigenvalue weighted by Gasteiger charge is -2.20. The van der Waals surface area contributed by atoms with Gasteiger partial charge in [-0.15, -0.1) is 0 Å². The Bertz CT molecular complexity index is 567. The molecule has 2 nitrogen and oxygen atoms in total. The predicted octanol–water partition coefficient (Wildman–Crippen LogP) is 3.83. The second-order valence-electron chi connectivity index (χ2n) is 5.54. The monoisotopic (exact) mass is 305 g/mol. The first-order valence-electron chi connectivity index (χ1n) is 7.31. The molecule has 4 heteroatoms. The Morgan fingerprint density at radius 2 is 1.45 bits per heavy atom. The van der Waals surface area contributed by atoms with Crippen molar-refractivity contribution in [3.63, 3.8) is 0 Å². The first-order chi connectivity index (χ1) is 10.5. The fourth-order valence-electron chi connectivity index (χ4n) is 2.16. The van der Waals surface area contributed by atoms with Crippen LogP contribution in [-0.2, 0) is 11.2 Å². The molecule has 2 aromatic carbocycles. The number of rotatable bonds is 7. The highest BCUT2D eigenvalue weighted by Crippen LogP contribution is 2.23. The Hall–Kier alpha value is -1.78. The van der Waals surface area contributed by atoms with E-state index in [1.165, 1.54) is 24.3 Å². The summed E-state index contributed by atoms with van der Waals surface area (Å²) in [7, 11) is 3.96. The van der Waals surface area contributed by atoms with Gasteiger partial charge in [-0.3, -0.25) is 0 Å². The quantitative estimate of drug-likeness (QED) is 0.771. The molecule has 0 aliphatic heterocycles. The third-order valence-corrected chi connectivity index (χ3v) is 3.43. The molecule has 0 saturated carbocycles. The fraction of sp³-hybridized carbons (Fsp3) is 0.333. The summed E-state index contributed by atoms with van der Waals surface area (Å²) < 4.78 is 32.0. The first kappa shape index (κ1) is 16.6. The van der Waals surface area contributed by atoms with Gasteiger partial charge in [-0.25, -0.2) is 8.78 Å². The summed E-state index contributed by atoms with van der Waals surface area (Å²) in [4.78, 5) is 2.04. The minimum Gasteiger partial charge on any atom is -0.372 e. The molecule has 2 aromatic rings. The lowest BCUT2D eigenvalue weighted by Crippen LogP contribution is -2.20. The van der Waals surface area contributed by atoms with Crippen LogP contribution in [0, 0.1) is 11.6 Å². The molecule has 1 atom stereocenters. The van der Waals surface area contributed by atoms with Crippen LogP contribution in [0.4, 0.5) is 8.78 Å². The van der Waals surface area contributed by atoms with Crippen LogP contribution in [0.2, 0.25) is 0 Å². The molecule has 0 bridgehead atoms. The smallest absolute Gasteiger partial charge is 0.123 e. The highest BCUT2D eigenvalue weighted by Gasteiger charge is 2.13. The van der Waals surface area contributed by atoms with E-state index in [4.69, 9.17) is 4.74 Å². The number of hydrogen-bond donors (Lipinski definition) is 0. The van der Waals surface area contributed by atoms with Crippen molar-refractivity contribution in [1.29, 1.82) is 0 Å². The summed E-state index contributed by atoms with van der Waals surface area (Å²) in [6.07, 6.45) is 0.449. The van der Waals surface area contributed by atoms with Crippen LogP contribution < -0.4 is 0 Å². The molecule has 2 rings (SSSR count). The van der Waals surface area contributed by atoms with Crippen LogP contribution in [0.15, 0.2) is 48.5 Å². The van der Waals surface area contributed by atoms with Gasteiger partial charge in [0, 0.05) is 13.0 Å². The van der Waals surface area contributed by atoms with E-state index in [0.717, 1.165) is 17.7 Å². The standard InChI is InChI=1S/C18H21F2NO/c1-21(2)11-12-22-18(15-5-9-17(20)10-6-15)13-14-3-7-16(19)8-4-14/h3-10,18H,11-13H2,1-2H3. The van der Waals surface area contributed by atoms with Gasteiger partial charge in [0.05, 0.1) is 12.7 Å². The van der Waals surface area contributed by atoms with E-state index in [0.29, 0.717) is 13.0 Å². The zero-order valence-corrected chi connectivity index (χ0v) is 12.9. The average Bonchev–Trinajstić information content (AvgIpc) is 2.49. The van der Waals surface area contributed by atoms with E-state index >= 15 is 0 Å². The summed E-state index contributed by atoms with van der Waals surface area (Å²) in [5.41, 5.74) is 1.91. The topological polar surface area (TPSA) is 12.5 Å². The Morgan fingerprint density at radius 3 is 2.00 bits per heavy atom. The molecule has 1 unspecified atom stereocenters. The van der Waals surface area contributed by atoms with Gasteiger partial charge in [0.1, 0.15) is 11.6 Å². The predicted molar refractivity (Wildman–Crippen MR) is 83.8 cm³/mol. The van der Waals surface area contributed by atoms with Crippen LogP contribution in [-0.4, -0.2) is 32.1 Å². The van der Waals surface area contributed by atoms with Gasteiger partial charge in [-0.2, -0.15) is 0 Å². The maximum atomic E-state index is 13.1. The van der Waals surface area contributed by atoms with Crippen molar-refractivity contribution < 1.29 is 13.5 Å². The number of nitrogens with zero attached hydrogens (tertiary/aromatic N) is 1. The Labute approximate surface area is 130 Å². The van der Waals surface area contributed by atoms with Crippen molar-refractivity contribution in [3.8, 4) is 0 Å². The van der Waals surface area contributed by atoms with Gasteiger partial charge in [0.25, 0.3) is 0 Å². The number of benzene rings is 2. The molecule has 0 radical (unpaired) electrons. The van der Waals surface area contributed by atoms with Crippen LogP contribution in [0.3, 0.4) is 0 Å². The number of likely N-dealkylation sites (N-methyl/N-ethyl adjacent to an activating group) is 1. The molecule has 0 saturated heterocycles. The van der Waals surface area contributed by atoms with E-state index in [-0.39, 0.29) is 17.7 Å². The van der Waals surface area contributed by atoms with Crippen LogP contribution >= 0.6 is 0 Å². The molecule has 0 fully saturated rings. The third-order valence-electron chi connectivity index (χ3n) is 3.43. The van der Waals surface area contributed by atoms with Crippen molar-refractivity contribution in [3.05, 3.63) is 71.3 Å². The van der Waals surface area contributed by atoms with Crippen molar-refractivity contribution in [2.45, 2.75) is 12.5 Å². The molecule has 0 aliphatic carbocycles. The summed E-state index contributed by atoms with van der Waals surface area (Å²) >= 11 is 0. The lowest BCUT2D eigenvalue weighted by atomic mass is 10.0. The van der Waals surface area contributed by atoms with Crippen LogP contribution in [0.25, 0.3) is 0 Å². The highest BCUT2D eigenvalue weighted by atomic mass is 19.1. The molecule has 0 aromatic heterocycles. The van der Waals surface area contributed by atoms with Crippen molar-refractivity contribution in [1.82, 2.24) is 4.90 Å². The molecule has 118 valence electrons. The molecule has 22 heavy (non-hydrogen) atoms. The van der Waals surface area contributed by atoms with E-state index in [2.05, 4.69) is 0 Å². The highest BCUT2D eigenvalue weighted by molar-refractivity contribution is 5.23. The molecular formula is C18H21F2NO. The zero-order chi connectivity index (χ0) is 15.9. The second-order valence-corrected chi connectivity index (χ2v) is 5.54. The molecular weight excluding hydrogens is 284 g/mol. The minimum atomic E-state index is -0.266. The van der Waals surface area contributed by atoms with Gasteiger partial charge in [-0.05, 0) is 49.5 Å². The second kappa shape index (κ2) is 8.01. The zero-order valence-electron chi connectivity index (χ0n) is 12.9. The average molecular weight is 305 g/mol. The summed E-state index contributed by atoms with van der Waals surface area (Å²) in [6, 6.07) is 12.7. The van der Waals surface area contributed by atoms with Gasteiger partial charge >= 0.3 is 0 Å². The van der Waals surface area contributed by atoms with E-state index in [1.54, 1.807) is 24.3 Å². The number of halogens is 2.